The topological polar surface area (TPSA) is 56.2 Å². The molecule has 1 aliphatic rings. The van der Waals surface area contributed by atoms with E-state index in [1.165, 1.54) is 0 Å². The first-order chi connectivity index (χ1) is 9.01. The van der Waals surface area contributed by atoms with E-state index in [0.29, 0.717) is 6.54 Å². The molecule has 0 radical (unpaired) electrons. The van der Waals surface area contributed by atoms with E-state index in [-0.39, 0.29) is 12.6 Å². The molecule has 6 nitrogen and oxygen atoms in total. The van der Waals surface area contributed by atoms with Crippen LogP contribution < -0.4 is 0 Å². The number of hydrogen-bond acceptors (Lipinski definition) is 5. The molecule has 1 rings (SSSR count). The lowest BCUT2D eigenvalue weighted by molar-refractivity contribution is -0.139. The molecule has 0 spiro atoms. The fourth-order valence-electron chi connectivity index (χ4n) is 2.23. The summed E-state index contributed by atoms with van der Waals surface area (Å²) in [6.07, 6.45) is 0.121. The predicted molar refractivity (Wildman–Crippen MR) is 74.5 cm³/mol. The average molecular weight is 273 g/mol. The van der Waals surface area contributed by atoms with Crippen molar-refractivity contribution in [2.75, 3.05) is 66.5 Å². The summed E-state index contributed by atoms with van der Waals surface area (Å²) < 4.78 is 5.74. The van der Waals surface area contributed by atoms with E-state index in [4.69, 9.17) is 9.84 Å². The van der Waals surface area contributed by atoms with Crippen LogP contribution in [0.2, 0.25) is 0 Å². The summed E-state index contributed by atoms with van der Waals surface area (Å²) in [5.74, 6) is -0.776. The summed E-state index contributed by atoms with van der Waals surface area (Å²) >= 11 is 0. The minimum Gasteiger partial charge on any atom is -0.480 e. The van der Waals surface area contributed by atoms with E-state index in [9.17, 15) is 4.79 Å². The highest BCUT2D eigenvalue weighted by Crippen LogP contribution is 2.07. The van der Waals surface area contributed by atoms with Gasteiger partial charge in [0, 0.05) is 32.7 Å². The van der Waals surface area contributed by atoms with Crippen molar-refractivity contribution in [3.8, 4) is 0 Å². The quantitative estimate of drug-likeness (QED) is 0.653. The summed E-state index contributed by atoms with van der Waals surface area (Å²) in [6, 6.07) is 0. The van der Waals surface area contributed by atoms with Gasteiger partial charge in [0.05, 0.1) is 19.3 Å². The molecule has 1 saturated heterocycles. The highest BCUT2D eigenvalue weighted by Gasteiger charge is 2.22. The van der Waals surface area contributed by atoms with Crippen molar-refractivity contribution < 1.29 is 14.6 Å². The van der Waals surface area contributed by atoms with E-state index in [1.54, 1.807) is 0 Å². The molecule has 0 aromatic carbocycles. The number of likely N-dealkylation sites (N-methyl/N-ethyl adjacent to an activating group) is 2. The van der Waals surface area contributed by atoms with Crippen molar-refractivity contribution in [1.29, 1.82) is 0 Å². The fourth-order valence-corrected chi connectivity index (χ4v) is 2.23. The normalized spacial score (nSPS) is 21.2. The first-order valence-corrected chi connectivity index (χ1v) is 6.94. The van der Waals surface area contributed by atoms with Crippen LogP contribution in [0.5, 0.6) is 0 Å². The van der Waals surface area contributed by atoms with Gasteiger partial charge < -0.3 is 14.7 Å². The van der Waals surface area contributed by atoms with Gasteiger partial charge >= 0.3 is 5.97 Å². The molecular formula is C13H27N3O3. The molecule has 1 aliphatic heterocycles. The van der Waals surface area contributed by atoms with Gasteiger partial charge in [-0.05, 0) is 20.6 Å². The summed E-state index contributed by atoms with van der Waals surface area (Å²) in [4.78, 5) is 17.3. The number of carboxylic acids is 1. The van der Waals surface area contributed by atoms with E-state index in [2.05, 4.69) is 16.7 Å². The molecule has 0 aromatic rings. The van der Waals surface area contributed by atoms with Gasteiger partial charge in [-0.2, -0.15) is 0 Å². The molecule has 1 atom stereocenters. The second-order valence-electron chi connectivity index (χ2n) is 5.32. The first-order valence-electron chi connectivity index (χ1n) is 6.94. The smallest absolute Gasteiger partial charge is 0.317 e. The van der Waals surface area contributed by atoms with Crippen LogP contribution in [0, 0.1) is 0 Å². The van der Waals surface area contributed by atoms with Crippen molar-refractivity contribution in [2.45, 2.75) is 13.0 Å². The molecule has 0 aliphatic carbocycles. The van der Waals surface area contributed by atoms with Crippen LogP contribution in [0.15, 0.2) is 0 Å². The minimum atomic E-state index is -0.776. The number of aliphatic carboxylic acids is 1. The molecule has 6 heteroatoms. The molecule has 0 amide bonds. The lowest BCUT2D eigenvalue weighted by Gasteiger charge is -2.35. The van der Waals surface area contributed by atoms with Gasteiger partial charge in [-0.1, -0.05) is 6.92 Å². The Morgan fingerprint density at radius 1 is 1.42 bits per heavy atom. The van der Waals surface area contributed by atoms with Crippen LogP contribution in [0.25, 0.3) is 0 Å². The molecule has 1 fully saturated rings. The van der Waals surface area contributed by atoms with E-state index in [1.807, 2.05) is 19.0 Å². The van der Waals surface area contributed by atoms with Crippen molar-refractivity contribution in [3.05, 3.63) is 0 Å². The minimum absolute atomic E-state index is 0.0832. The molecule has 0 saturated carbocycles. The summed E-state index contributed by atoms with van der Waals surface area (Å²) in [7, 11) is 3.99. The lowest BCUT2D eigenvalue weighted by atomic mass is 10.2. The zero-order valence-electron chi connectivity index (χ0n) is 12.3. The maximum atomic E-state index is 10.9. The molecule has 1 N–H and O–H groups in total. The molecule has 112 valence electrons. The molecule has 1 heterocycles. The van der Waals surface area contributed by atoms with Gasteiger partial charge in [0.1, 0.15) is 0 Å². The van der Waals surface area contributed by atoms with Crippen LogP contribution in [0.4, 0.5) is 0 Å². The molecule has 0 bridgehead atoms. The maximum absolute atomic E-state index is 10.9. The lowest BCUT2D eigenvalue weighted by Crippen LogP contribution is -2.49. The van der Waals surface area contributed by atoms with Gasteiger partial charge in [0.15, 0.2) is 0 Å². The number of hydrogen-bond donors (Lipinski definition) is 1. The number of ether oxygens (including phenoxy) is 1. The Balaban J connectivity index is 2.43. The maximum Gasteiger partial charge on any atom is 0.317 e. The molecular weight excluding hydrogens is 246 g/mol. The largest absolute Gasteiger partial charge is 0.480 e. The summed E-state index contributed by atoms with van der Waals surface area (Å²) in [5.41, 5.74) is 0. The van der Waals surface area contributed by atoms with Crippen LogP contribution in [-0.2, 0) is 9.53 Å². The van der Waals surface area contributed by atoms with Gasteiger partial charge in [-0.25, -0.2) is 0 Å². The first kappa shape index (κ1) is 16.4. The SMILES string of the molecule is CCN1CCOC(CN(CCN(C)C)CC(=O)O)C1. The summed E-state index contributed by atoms with van der Waals surface area (Å²) in [5, 5.41) is 8.97. The molecule has 0 aromatic heterocycles. The zero-order valence-corrected chi connectivity index (χ0v) is 12.3. The van der Waals surface area contributed by atoms with E-state index in [0.717, 1.165) is 39.3 Å². The molecule has 19 heavy (non-hydrogen) atoms. The Labute approximate surface area is 115 Å². The Morgan fingerprint density at radius 3 is 2.74 bits per heavy atom. The second-order valence-corrected chi connectivity index (χ2v) is 5.32. The Hall–Kier alpha value is -0.690. The van der Waals surface area contributed by atoms with Crippen LogP contribution >= 0.6 is 0 Å². The number of morpholine rings is 1. The number of rotatable bonds is 8. The fraction of sp³-hybridized carbons (Fsp3) is 0.923. The van der Waals surface area contributed by atoms with Gasteiger partial charge in [0.25, 0.3) is 0 Å². The average Bonchev–Trinajstić information content (AvgIpc) is 2.35. The van der Waals surface area contributed by atoms with Crippen molar-refractivity contribution in [2.24, 2.45) is 0 Å². The van der Waals surface area contributed by atoms with Crippen molar-refractivity contribution in [3.63, 3.8) is 0 Å². The second kappa shape index (κ2) is 8.47. The molecule has 1 unspecified atom stereocenters. The third kappa shape index (κ3) is 6.87. The van der Waals surface area contributed by atoms with Gasteiger partial charge in [0.2, 0.25) is 0 Å². The van der Waals surface area contributed by atoms with Gasteiger partial charge in [-0.3, -0.25) is 14.6 Å². The third-order valence-corrected chi connectivity index (χ3v) is 3.35. The Morgan fingerprint density at radius 2 is 2.16 bits per heavy atom. The monoisotopic (exact) mass is 273 g/mol. The highest BCUT2D eigenvalue weighted by molar-refractivity contribution is 5.69. The highest BCUT2D eigenvalue weighted by atomic mass is 16.5. The van der Waals surface area contributed by atoms with Crippen molar-refractivity contribution >= 4 is 5.97 Å². The van der Waals surface area contributed by atoms with Crippen LogP contribution in [0.1, 0.15) is 6.92 Å². The van der Waals surface area contributed by atoms with E-state index >= 15 is 0 Å². The van der Waals surface area contributed by atoms with Crippen molar-refractivity contribution in [1.82, 2.24) is 14.7 Å². The standard InChI is InChI=1S/C13H27N3O3/c1-4-15-7-8-19-12(9-15)10-16(11-13(17)18)6-5-14(2)3/h12H,4-11H2,1-3H3,(H,17,18). The Bertz CT molecular complexity index is 274. The third-order valence-electron chi connectivity index (χ3n) is 3.35. The van der Waals surface area contributed by atoms with Crippen LogP contribution in [-0.4, -0.2) is 98.4 Å². The van der Waals surface area contributed by atoms with Gasteiger partial charge in [-0.15, -0.1) is 0 Å². The zero-order chi connectivity index (χ0) is 14.3. The summed E-state index contributed by atoms with van der Waals surface area (Å²) in [6.45, 7) is 8.17. The number of nitrogens with zero attached hydrogens (tertiary/aromatic N) is 3. The number of carboxylic acid groups (broad SMARTS) is 1. The number of carbonyl (C=O) groups is 1. The predicted octanol–water partition coefficient (Wildman–Crippen LogP) is -0.345. The Kier molecular flexibility index (Phi) is 7.30. The van der Waals surface area contributed by atoms with Crippen LogP contribution in [0.3, 0.4) is 0 Å². The van der Waals surface area contributed by atoms with E-state index < -0.39 is 5.97 Å².